The first-order valence-electron chi connectivity index (χ1n) is 23.6. The number of rotatable bonds is 42. The number of unbranched alkanes of at least 4 members (excludes halogenated alkanes) is 17. The van der Waals surface area contributed by atoms with Gasteiger partial charge in [0.2, 0.25) is 5.60 Å². The van der Waals surface area contributed by atoms with Crippen LogP contribution in [0.3, 0.4) is 0 Å². The minimum absolute atomic E-state index is 0.00675. The first kappa shape index (κ1) is 55.6. The summed E-state index contributed by atoms with van der Waals surface area (Å²) in [4.78, 5) is 40.9. The molecule has 0 aromatic heterocycles. The van der Waals surface area contributed by atoms with E-state index < -0.39 is 29.9 Å². The average Bonchev–Trinajstić information content (AvgIpc) is 3.19. The van der Waals surface area contributed by atoms with Crippen LogP contribution in [0.25, 0.3) is 0 Å². The number of carbonyl (C=O) groups excluding carboxylic acids is 2. The molecule has 0 saturated heterocycles. The summed E-state index contributed by atoms with van der Waals surface area (Å²) in [6.07, 6.45) is 33.3. The molecule has 0 aliphatic carbocycles. The first-order chi connectivity index (χ1) is 28.1. The van der Waals surface area contributed by atoms with E-state index in [0.717, 1.165) is 77.2 Å². The van der Waals surface area contributed by atoms with Crippen LogP contribution in [0.4, 0.5) is 4.79 Å². The van der Waals surface area contributed by atoms with Crippen LogP contribution in [0.5, 0.6) is 0 Å². The van der Waals surface area contributed by atoms with Crippen LogP contribution in [-0.2, 0) is 28.5 Å². The van der Waals surface area contributed by atoms with Crippen LogP contribution in [0, 0.1) is 5.92 Å². The van der Waals surface area contributed by atoms with Gasteiger partial charge >= 0.3 is 18.0 Å². The first-order valence-corrected chi connectivity index (χ1v) is 23.6. The van der Waals surface area contributed by atoms with E-state index in [1.54, 1.807) is 0 Å². The van der Waals surface area contributed by atoms with E-state index >= 15 is 0 Å². The number of carboxylic acids is 1. The molecule has 0 fully saturated rings. The molecule has 0 aromatic carbocycles. The lowest BCUT2D eigenvalue weighted by Gasteiger charge is -2.32. The molecule has 0 aromatic rings. The molecule has 2 unspecified atom stereocenters. The molecule has 58 heavy (non-hydrogen) atoms. The van der Waals surface area contributed by atoms with E-state index in [2.05, 4.69) is 50.4 Å². The lowest BCUT2D eigenvalue weighted by atomic mass is 9.86. The van der Waals surface area contributed by atoms with Gasteiger partial charge in [0, 0.05) is 32.6 Å². The van der Waals surface area contributed by atoms with Crippen molar-refractivity contribution >= 4 is 18.0 Å². The Hall–Kier alpha value is -2.43. The lowest BCUT2D eigenvalue weighted by molar-refractivity contribution is -0.185. The van der Waals surface area contributed by atoms with Gasteiger partial charge in [-0.3, -0.25) is 4.79 Å². The third-order valence-corrected chi connectivity index (χ3v) is 10.4. The molecule has 0 radical (unpaired) electrons. The smallest absolute Gasteiger partial charge is 0.407 e. The van der Waals surface area contributed by atoms with Crippen LogP contribution in [0.1, 0.15) is 201 Å². The highest BCUT2D eigenvalue weighted by atomic mass is 16.7. The lowest BCUT2D eigenvalue weighted by Crippen LogP contribution is -2.45. The van der Waals surface area contributed by atoms with Crippen molar-refractivity contribution in [1.29, 1.82) is 0 Å². The minimum atomic E-state index is -1.72. The molecule has 1 amide bonds. The molecule has 0 aliphatic rings. The van der Waals surface area contributed by atoms with Crippen molar-refractivity contribution in [3.8, 4) is 0 Å². The van der Waals surface area contributed by atoms with E-state index in [1.165, 1.54) is 70.6 Å². The molecular weight excluding hydrogens is 733 g/mol. The summed E-state index contributed by atoms with van der Waals surface area (Å²) < 4.78 is 23.7. The van der Waals surface area contributed by atoms with Crippen LogP contribution in [0.15, 0.2) is 24.3 Å². The molecule has 10 heteroatoms. The van der Waals surface area contributed by atoms with Gasteiger partial charge < -0.3 is 34.3 Å². The molecule has 0 saturated carbocycles. The minimum Gasteiger partial charge on any atom is -0.478 e. The zero-order chi connectivity index (χ0) is 43.0. The number of hydrogen-bond acceptors (Lipinski definition) is 8. The van der Waals surface area contributed by atoms with Gasteiger partial charge in [0.1, 0.15) is 0 Å². The number of allylic oxidation sites excluding steroid dienone is 4. The summed E-state index contributed by atoms with van der Waals surface area (Å²) in [6, 6.07) is 0. The SMILES string of the molecule is CCCCCC=CCC=CCCCCCCC(CC(C)COC(=O)NCCCN(C)C)(OC(=O)CCC(OCCCCCCCC)OCCCCCCCC)C(=O)O. The molecular formula is C48H90N2O8. The molecule has 0 rings (SSSR count). The maximum absolute atomic E-state index is 13.5. The van der Waals surface area contributed by atoms with Crippen molar-refractivity contribution in [3.05, 3.63) is 24.3 Å². The molecule has 10 nitrogen and oxygen atoms in total. The Balaban J connectivity index is 5.40. The van der Waals surface area contributed by atoms with Crippen LogP contribution < -0.4 is 5.32 Å². The third-order valence-electron chi connectivity index (χ3n) is 10.4. The second-order valence-corrected chi connectivity index (χ2v) is 16.6. The largest absolute Gasteiger partial charge is 0.478 e. The number of nitrogens with zero attached hydrogens (tertiary/aromatic N) is 1. The number of nitrogens with one attached hydrogen (secondary N) is 1. The molecule has 0 heterocycles. The fraction of sp³-hybridized carbons (Fsp3) is 0.854. The van der Waals surface area contributed by atoms with Crippen molar-refractivity contribution < 1.29 is 38.4 Å². The van der Waals surface area contributed by atoms with E-state index in [-0.39, 0.29) is 31.8 Å². The van der Waals surface area contributed by atoms with Gasteiger partial charge in [-0.15, -0.1) is 0 Å². The van der Waals surface area contributed by atoms with Crippen molar-refractivity contribution in [3.63, 3.8) is 0 Å². The Labute approximate surface area is 356 Å². The number of alkyl carbamates (subject to hydrolysis) is 1. The van der Waals surface area contributed by atoms with Crippen molar-refractivity contribution in [2.75, 3.05) is 47.0 Å². The summed E-state index contributed by atoms with van der Waals surface area (Å²) in [5.74, 6) is -2.09. The van der Waals surface area contributed by atoms with Crippen LogP contribution in [0.2, 0.25) is 0 Å². The maximum atomic E-state index is 13.5. The number of ether oxygens (including phenoxy) is 4. The molecule has 2 N–H and O–H groups in total. The topological polar surface area (TPSA) is 124 Å². The van der Waals surface area contributed by atoms with Gasteiger partial charge in [-0.25, -0.2) is 9.59 Å². The normalized spacial score (nSPS) is 13.4. The molecule has 340 valence electrons. The molecule has 0 spiro atoms. The Morgan fingerprint density at radius 3 is 1.78 bits per heavy atom. The summed E-state index contributed by atoms with van der Waals surface area (Å²) in [5, 5.41) is 13.4. The number of amides is 1. The Kier molecular flexibility index (Phi) is 38.3. The molecule has 0 aliphatic heterocycles. The second-order valence-electron chi connectivity index (χ2n) is 16.6. The summed E-state index contributed by atoms with van der Waals surface area (Å²) in [7, 11) is 3.95. The Bertz CT molecular complexity index is 1020. The predicted molar refractivity (Wildman–Crippen MR) is 239 cm³/mol. The van der Waals surface area contributed by atoms with Gasteiger partial charge in [0.15, 0.2) is 6.29 Å². The highest BCUT2D eigenvalue weighted by molar-refractivity contribution is 5.82. The van der Waals surface area contributed by atoms with Crippen LogP contribution in [-0.4, -0.2) is 86.9 Å². The fourth-order valence-electron chi connectivity index (χ4n) is 6.87. The van der Waals surface area contributed by atoms with Gasteiger partial charge in [-0.2, -0.15) is 0 Å². The van der Waals surface area contributed by atoms with Crippen molar-refractivity contribution in [1.82, 2.24) is 10.2 Å². The van der Waals surface area contributed by atoms with Crippen LogP contribution >= 0.6 is 0 Å². The quantitative estimate of drug-likeness (QED) is 0.0268. The average molecular weight is 823 g/mol. The zero-order valence-electron chi connectivity index (χ0n) is 38.3. The van der Waals surface area contributed by atoms with Crippen molar-refractivity contribution in [2.45, 2.75) is 213 Å². The standard InChI is InChI=1S/C48H90N2O8/c1-7-10-13-16-19-20-21-22-23-24-25-26-27-30-36-48(46(52)53,41-43(4)42-57-47(54)49-37-33-38-50(5)6)58-44(51)34-35-45(55-39-31-28-17-14-11-8-2)56-40-32-29-18-15-12-9-3/h19-20,22-23,43,45H,7-18,21,24-42H2,1-6H3,(H,49,54)(H,52,53). The second kappa shape index (κ2) is 40.0. The monoisotopic (exact) mass is 823 g/mol. The number of carboxylic acid groups (broad SMARTS) is 1. The van der Waals surface area contributed by atoms with Gasteiger partial charge in [-0.05, 0) is 90.8 Å². The van der Waals surface area contributed by atoms with Gasteiger partial charge in [0.05, 0.1) is 13.0 Å². The third kappa shape index (κ3) is 34.4. The maximum Gasteiger partial charge on any atom is 0.407 e. The van der Waals surface area contributed by atoms with E-state index in [9.17, 15) is 19.5 Å². The number of carbonyl (C=O) groups is 3. The predicted octanol–water partition coefficient (Wildman–Crippen LogP) is 12.3. The van der Waals surface area contributed by atoms with E-state index in [0.29, 0.717) is 32.6 Å². The Morgan fingerprint density at radius 2 is 1.21 bits per heavy atom. The zero-order valence-corrected chi connectivity index (χ0v) is 38.3. The summed E-state index contributed by atoms with van der Waals surface area (Å²) >= 11 is 0. The van der Waals surface area contributed by atoms with Crippen molar-refractivity contribution in [2.24, 2.45) is 5.92 Å². The van der Waals surface area contributed by atoms with E-state index in [1.807, 2.05) is 25.9 Å². The van der Waals surface area contributed by atoms with Gasteiger partial charge in [-0.1, -0.05) is 142 Å². The number of hydrogen-bond donors (Lipinski definition) is 2. The van der Waals surface area contributed by atoms with E-state index in [4.69, 9.17) is 18.9 Å². The summed E-state index contributed by atoms with van der Waals surface area (Å²) in [5.41, 5.74) is -1.72. The highest BCUT2D eigenvalue weighted by Crippen LogP contribution is 2.30. The number of aliphatic carboxylic acids is 1. The highest BCUT2D eigenvalue weighted by Gasteiger charge is 2.43. The van der Waals surface area contributed by atoms with Gasteiger partial charge in [0.25, 0.3) is 0 Å². The molecule has 2 atom stereocenters. The Morgan fingerprint density at radius 1 is 0.690 bits per heavy atom. The number of esters is 1. The summed E-state index contributed by atoms with van der Waals surface area (Å²) in [6.45, 7) is 11.0. The fourth-order valence-corrected chi connectivity index (χ4v) is 6.87. The molecule has 0 bridgehead atoms.